The summed E-state index contributed by atoms with van der Waals surface area (Å²) >= 11 is 5.01. The summed E-state index contributed by atoms with van der Waals surface area (Å²) in [4.78, 5) is 1.09. The Bertz CT molecular complexity index is 319. The van der Waals surface area contributed by atoms with Crippen molar-refractivity contribution in [3.8, 4) is 0 Å². The Labute approximate surface area is 95.0 Å². The maximum Gasteiger partial charge on any atom is 0.0701 e. The van der Waals surface area contributed by atoms with Crippen LogP contribution in [-0.2, 0) is 4.74 Å². The van der Waals surface area contributed by atoms with E-state index in [-0.39, 0.29) is 18.1 Å². The topological polar surface area (TPSA) is 55.5 Å². The Hall–Kier alpha value is 0.0600. The number of hydrogen-bond donors (Lipinski definition) is 2. The number of aliphatic hydroxyl groups is 1. The van der Waals surface area contributed by atoms with Crippen molar-refractivity contribution in [2.45, 2.75) is 6.04 Å². The summed E-state index contributed by atoms with van der Waals surface area (Å²) in [7, 11) is 0. The predicted molar refractivity (Wildman–Crippen MR) is 59.3 cm³/mol. The van der Waals surface area contributed by atoms with Gasteiger partial charge in [0.05, 0.1) is 35.1 Å². The second-order valence-electron chi connectivity index (χ2n) is 3.63. The van der Waals surface area contributed by atoms with Crippen LogP contribution in [0.15, 0.2) is 15.9 Å². The first-order valence-corrected chi connectivity index (χ1v) is 5.98. The van der Waals surface area contributed by atoms with E-state index in [1.807, 2.05) is 12.1 Å². The fourth-order valence-corrected chi connectivity index (χ4v) is 3.10. The van der Waals surface area contributed by atoms with Crippen LogP contribution in [0.3, 0.4) is 0 Å². The van der Waals surface area contributed by atoms with Crippen LogP contribution >= 0.6 is 27.3 Å². The van der Waals surface area contributed by atoms with E-state index in [0.29, 0.717) is 13.2 Å². The molecule has 0 amide bonds. The van der Waals surface area contributed by atoms with Crippen LogP contribution in [0, 0.1) is 5.41 Å². The minimum atomic E-state index is -0.260. The van der Waals surface area contributed by atoms with Crippen molar-refractivity contribution < 1.29 is 9.84 Å². The third kappa shape index (κ3) is 1.63. The molecule has 0 bridgehead atoms. The fourth-order valence-electron chi connectivity index (χ4n) is 1.53. The number of halogens is 1. The number of thiophene rings is 1. The quantitative estimate of drug-likeness (QED) is 0.881. The van der Waals surface area contributed by atoms with Gasteiger partial charge in [0.15, 0.2) is 0 Å². The van der Waals surface area contributed by atoms with Gasteiger partial charge in [0, 0.05) is 4.88 Å². The van der Waals surface area contributed by atoms with Gasteiger partial charge in [0.25, 0.3) is 0 Å². The largest absolute Gasteiger partial charge is 0.396 e. The van der Waals surface area contributed by atoms with Gasteiger partial charge in [-0.2, -0.15) is 0 Å². The number of aliphatic hydroxyl groups excluding tert-OH is 1. The summed E-state index contributed by atoms with van der Waals surface area (Å²) in [5.74, 6) is 0. The predicted octanol–water partition coefficient (Wildman–Crippen LogP) is 1.52. The van der Waals surface area contributed by atoms with Gasteiger partial charge < -0.3 is 15.6 Å². The molecule has 2 heterocycles. The van der Waals surface area contributed by atoms with Crippen molar-refractivity contribution in [2.75, 3.05) is 19.8 Å². The van der Waals surface area contributed by atoms with Gasteiger partial charge in [0.1, 0.15) is 0 Å². The first kappa shape index (κ1) is 10.6. The molecule has 1 aromatic rings. The maximum absolute atomic E-state index is 9.31. The van der Waals surface area contributed by atoms with Crippen LogP contribution in [0.1, 0.15) is 10.9 Å². The van der Waals surface area contributed by atoms with Gasteiger partial charge in [0.2, 0.25) is 0 Å². The highest BCUT2D eigenvalue weighted by Crippen LogP contribution is 2.41. The fraction of sp³-hybridized carbons (Fsp3) is 0.556. The zero-order chi connectivity index (χ0) is 10.2. The van der Waals surface area contributed by atoms with Gasteiger partial charge in [-0.05, 0) is 28.1 Å². The zero-order valence-corrected chi connectivity index (χ0v) is 9.97. The number of ether oxygens (including phenoxy) is 1. The Kier molecular flexibility index (Phi) is 2.95. The molecule has 0 saturated carbocycles. The summed E-state index contributed by atoms with van der Waals surface area (Å²) in [5.41, 5.74) is 5.85. The first-order valence-electron chi connectivity index (χ1n) is 4.37. The van der Waals surface area contributed by atoms with Gasteiger partial charge in [-0.15, -0.1) is 11.3 Å². The maximum atomic E-state index is 9.31. The molecule has 2 rings (SSSR count). The molecule has 0 aromatic carbocycles. The van der Waals surface area contributed by atoms with Gasteiger partial charge in [-0.1, -0.05) is 0 Å². The molecule has 1 aliphatic heterocycles. The van der Waals surface area contributed by atoms with Crippen molar-refractivity contribution in [1.29, 1.82) is 0 Å². The Balaban J connectivity index is 2.18. The molecule has 1 saturated heterocycles. The highest BCUT2D eigenvalue weighted by atomic mass is 79.9. The Morgan fingerprint density at radius 2 is 2.36 bits per heavy atom. The van der Waals surface area contributed by atoms with E-state index in [4.69, 9.17) is 10.5 Å². The van der Waals surface area contributed by atoms with E-state index in [2.05, 4.69) is 15.9 Å². The van der Waals surface area contributed by atoms with Crippen LogP contribution in [0.2, 0.25) is 0 Å². The van der Waals surface area contributed by atoms with E-state index in [1.54, 1.807) is 11.3 Å². The van der Waals surface area contributed by atoms with E-state index in [9.17, 15) is 5.11 Å². The first-order chi connectivity index (χ1) is 6.68. The third-order valence-electron chi connectivity index (χ3n) is 2.65. The standard InChI is InChI=1S/C9H12BrNO2S/c10-7-2-1-6(14-7)8(11)9(3-12)4-13-5-9/h1-2,8,12H,3-5,11H2. The molecule has 1 aliphatic rings. The van der Waals surface area contributed by atoms with Crippen LogP contribution < -0.4 is 5.73 Å². The smallest absolute Gasteiger partial charge is 0.0701 e. The summed E-state index contributed by atoms with van der Waals surface area (Å²) in [5, 5.41) is 9.31. The van der Waals surface area contributed by atoms with Gasteiger partial charge in [-0.25, -0.2) is 0 Å². The molecule has 78 valence electrons. The molecule has 1 unspecified atom stereocenters. The molecule has 0 spiro atoms. The van der Waals surface area contributed by atoms with Crippen molar-refractivity contribution >= 4 is 27.3 Å². The number of rotatable bonds is 3. The van der Waals surface area contributed by atoms with E-state index in [1.165, 1.54) is 0 Å². The van der Waals surface area contributed by atoms with Crippen molar-refractivity contribution in [2.24, 2.45) is 11.1 Å². The summed E-state index contributed by atoms with van der Waals surface area (Å²) in [6.07, 6.45) is 0. The van der Waals surface area contributed by atoms with Crippen molar-refractivity contribution in [3.05, 3.63) is 20.8 Å². The highest BCUT2D eigenvalue weighted by Gasteiger charge is 2.44. The minimum Gasteiger partial charge on any atom is -0.396 e. The lowest BCUT2D eigenvalue weighted by Crippen LogP contribution is -2.52. The van der Waals surface area contributed by atoms with Crippen molar-refractivity contribution in [3.63, 3.8) is 0 Å². The average molecular weight is 278 g/mol. The summed E-state index contributed by atoms with van der Waals surface area (Å²) in [6, 6.07) is 3.84. The van der Waals surface area contributed by atoms with E-state index < -0.39 is 0 Å². The summed E-state index contributed by atoms with van der Waals surface area (Å²) in [6.45, 7) is 1.20. The zero-order valence-electron chi connectivity index (χ0n) is 7.57. The van der Waals surface area contributed by atoms with Crippen LogP contribution in [-0.4, -0.2) is 24.9 Å². The number of hydrogen-bond acceptors (Lipinski definition) is 4. The molecule has 3 N–H and O–H groups in total. The second-order valence-corrected chi connectivity index (χ2v) is 6.13. The molecule has 3 nitrogen and oxygen atoms in total. The second kappa shape index (κ2) is 3.90. The normalized spacial score (nSPS) is 21.6. The lowest BCUT2D eigenvalue weighted by Gasteiger charge is -2.43. The van der Waals surface area contributed by atoms with E-state index >= 15 is 0 Å². The Morgan fingerprint density at radius 3 is 2.71 bits per heavy atom. The summed E-state index contributed by atoms with van der Waals surface area (Å²) < 4.78 is 6.20. The number of nitrogens with two attached hydrogens (primary N) is 1. The Morgan fingerprint density at radius 1 is 1.64 bits per heavy atom. The lowest BCUT2D eigenvalue weighted by molar-refractivity contribution is -0.150. The van der Waals surface area contributed by atoms with Gasteiger partial charge in [-0.3, -0.25) is 0 Å². The average Bonchev–Trinajstić information content (AvgIpc) is 2.50. The molecule has 0 aliphatic carbocycles. The monoisotopic (exact) mass is 277 g/mol. The third-order valence-corrected chi connectivity index (χ3v) is 4.36. The molecule has 14 heavy (non-hydrogen) atoms. The molecule has 0 radical (unpaired) electrons. The van der Waals surface area contributed by atoms with Crippen LogP contribution in [0.4, 0.5) is 0 Å². The van der Waals surface area contributed by atoms with E-state index in [0.717, 1.165) is 8.66 Å². The molecule has 1 fully saturated rings. The molecular formula is C9H12BrNO2S. The molecule has 5 heteroatoms. The van der Waals surface area contributed by atoms with Crippen molar-refractivity contribution in [1.82, 2.24) is 0 Å². The SMILES string of the molecule is NC(c1ccc(Br)s1)C1(CO)COC1. The highest BCUT2D eigenvalue weighted by molar-refractivity contribution is 9.11. The van der Waals surface area contributed by atoms with Crippen LogP contribution in [0.5, 0.6) is 0 Å². The molecular weight excluding hydrogens is 266 g/mol. The molecule has 1 aromatic heterocycles. The molecule has 1 atom stereocenters. The minimum absolute atomic E-state index is 0.0870. The van der Waals surface area contributed by atoms with Gasteiger partial charge >= 0.3 is 0 Å². The lowest BCUT2D eigenvalue weighted by atomic mass is 9.79. The van der Waals surface area contributed by atoms with Crippen LogP contribution in [0.25, 0.3) is 0 Å².